The van der Waals surface area contributed by atoms with E-state index < -0.39 is 0 Å². The van der Waals surface area contributed by atoms with Crippen molar-refractivity contribution in [3.8, 4) is 0 Å². The molecule has 1 heterocycles. The zero-order valence-electron chi connectivity index (χ0n) is 11.9. The first-order valence-corrected chi connectivity index (χ1v) is 8.42. The number of hydrogen-bond acceptors (Lipinski definition) is 5. The van der Waals surface area contributed by atoms with Crippen LogP contribution in [0.1, 0.15) is 44.6 Å². The number of nitrogens with two attached hydrogens (primary N) is 1. The third-order valence-corrected chi connectivity index (χ3v) is 4.87. The molecule has 0 saturated heterocycles. The van der Waals surface area contributed by atoms with Crippen LogP contribution < -0.4 is 11.1 Å². The number of hydrogen-bond donors (Lipinski definition) is 2. The summed E-state index contributed by atoms with van der Waals surface area (Å²) in [6, 6.07) is 0.524. The van der Waals surface area contributed by atoms with Gasteiger partial charge in [-0.25, -0.2) is 9.97 Å². The lowest BCUT2D eigenvalue weighted by atomic mass is 9.94. The van der Waals surface area contributed by atoms with E-state index in [1.54, 1.807) is 6.33 Å². The van der Waals surface area contributed by atoms with E-state index in [1.807, 2.05) is 11.8 Å². The fraction of sp³-hybridized carbons (Fsp3) is 0.714. The normalized spacial score (nSPS) is 23.3. The summed E-state index contributed by atoms with van der Waals surface area (Å²) in [5.74, 6) is 1.57. The van der Waals surface area contributed by atoms with Gasteiger partial charge in [0.1, 0.15) is 18.0 Å². The largest absolute Gasteiger partial charge is 0.383 e. The van der Waals surface area contributed by atoms with Crippen LogP contribution in [0.4, 0.5) is 11.6 Å². The Morgan fingerprint density at radius 2 is 2.26 bits per heavy atom. The highest BCUT2D eigenvalue weighted by molar-refractivity contribution is 7.99. The van der Waals surface area contributed by atoms with Crippen LogP contribution in [0.5, 0.6) is 0 Å². The Hall–Kier alpha value is -0.970. The zero-order chi connectivity index (χ0) is 13.7. The van der Waals surface area contributed by atoms with Gasteiger partial charge in [-0.15, -0.1) is 0 Å². The predicted octanol–water partition coefficient (Wildman–Crippen LogP) is 3.10. The van der Waals surface area contributed by atoms with E-state index in [9.17, 15) is 0 Å². The van der Waals surface area contributed by atoms with Gasteiger partial charge in [-0.05, 0) is 31.9 Å². The van der Waals surface area contributed by atoms with Crippen molar-refractivity contribution in [3.63, 3.8) is 0 Å². The van der Waals surface area contributed by atoms with Gasteiger partial charge in [0.25, 0.3) is 0 Å². The van der Waals surface area contributed by atoms with Crippen LogP contribution in [0.15, 0.2) is 6.33 Å². The minimum Gasteiger partial charge on any atom is -0.383 e. The lowest BCUT2D eigenvalue weighted by Gasteiger charge is -2.29. The summed E-state index contributed by atoms with van der Waals surface area (Å²) in [6.07, 6.45) is 10.9. The standard InChI is InChI=1S/C14H24N4S/c1-3-5-12-13(15)16-9-17-14(12)18-10-6-4-7-11(8-10)19-2/h9-11H,3-8H2,1-2H3,(H3,15,16,17,18). The van der Waals surface area contributed by atoms with Crippen molar-refractivity contribution >= 4 is 23.4 Å². The molecule has 5 heteroatoms. The monoisotopic (exact) mass is 280 g/mol. The molecule has 2 atom stereocenters. The van der Waals surface area contributed by atoms with Gasteiger partial charge < -0.3 is 11.1 Å². The fourth-order valence-corrected chi connectivity index (χ4v) is 3.56. The topological polar surface area (TPSA) is 63.8 Å². The minimum absolute atomic E-state index is 0.524. The van der Waals surface area contributed by atoms with Crippen molar-refractivity contribution in [2.45, 2.75) is 56.7 Å². The smallest absolute Gasteiger partial charge is 0.134 e. The van der Waals surface area contributed by atoms with Crippen LogP contribution in [0.2, 0.25) is 0 Å². The first-order chi connectivity index (χ1) is 9.24. The van der Waals surface area contributed by atoms with Crippen LogP contribution in [-0.4, -0.2) is 27.5 Å². The molecular weight excluding hydrogens is 256 g/mol. The van der Waals surface area contributed by atoms with Gasteiger partial charge >= 0.3 is 0 Å². The van der Waals surface area contributed by atoms with Gasteiger partial charge in [-0.1, -0.05) is 19.8 Å². The molecule has 2 unspecified atom stereocenters. The number of rotatable bonds is 5. The molecule has 0 radical (unpaired) electrons. The highest BCUT2D eigenvalue weighted by atomic mass is 32.2. The second-order valence-electron chi connectivity index (χ2n) is 5.20. The summed E-state index contributed by atoms with van der Waals surface area (Å²) in [7, 11) is 0. The van der Waals surface area contributed by atoms with Crippen molar-refractivity contribution in [2.24, 2.45) is 0 Å². The highest BCUT2D eigenvalue weighted by Gasteiger charge is 2.22. The zero-order valence-corrected chi connectivity index (χ0v) is 12.7. The number of nitrogens with one attached hydrogen (secondary N) is 1. The first kappa shape index (κ1) is 14.4. The first-order valence-electron chi connectivity index (χ1n) is 7.13. The van der Waals surface area contributed by atoms with Crippen molar-refractivity contribution in [1.82, 2.24) is 9.97 Å². The number of anilines is 2. The molecule has 1 aromatic rings. The molecule has 4 nitrogen and oxygen atoms in total. The maximum atomic E-state index is 5.97. The molecule has 1 aliphatic rings. The lowest BCUT2D eigenvalue weighted by molar-refractivity contribution is 0.472. The van der Waals surface area contributed by atoms with Crippen LogP contribution in [-0.2, 0) is 6.42 Å². The Morgan fingerprint density at radius 3 is 3.00 bits per heavy atom. The molecule has 0 aliphatic heterocycles. The van der Waals surface area contributed by atoms with Gasteiger partial charge in [0.2, 0.25) is 0 Å². The van der Waals surface area contributed by atoms with Crippen molar-refractivity contribution in [3.05, 3.63) is 11.9 Å². The van der Waals surface area contributed by atoms with E-state index >= 15 is 0 Å². The Kier molecular flexibility index (Phi) is 5.31. The molecule has 1 aliphatic carbocycles. The van der Waals surface area contributed by atoms with Gasteiger partial charge in [0.05, 0.1) is 0 Å². The number of thioether (sulfide) groups is 1. The Morgan fingerprint density at radius 1 is 1.42 bits per heavy atom. The molecule has 2 rings (SSSR count). The maximum absolute atomic E-state index is 5.97. The average molecular weight is 280 g/mol. The van der Waals surface area contributed by atoms with Crippen molar-refractivity contribution in [2.75, 3.05) is 17.3 Å². The fourth-order valence-electron chi connectivity index (χ4n) is 2.73. The summed E-state index contributed by atoms with van der Waals surface area (Å²) < 4.78 is 0. The summed E-state index contributed by atoms with van der Waals surface area (Å²) in [5, 5.41) is 4.37. The van der Waals surface area contributed by atoms with Crippen LogP contribution in [0, 0.1) is 0 Å². The molecule has 106 valence electrons. The molecule has 1 fully saturated rings. The maximum Gasteiger partial charge on any atom is 0.134 e. The molecule has 0 aromatic carbocycles. The predicted molar refractivity (Wildman–Crippen MR) is 83.6 cm³/mol. The molecule has 0 amide bonds. The highest BCUT2D eigenvalue weighted by Crippen LogP contribution is 2.29. The average Bonchev–Trinajstić information content (AvgIpc) is 2.43. The number of aromatic nitrogens is 2. The summed E-state index contributed by atoms with van der Waals surface area (Å²) in [4.78, 5) is 8.50. The summed E-state index contributed by atoms with van der Waals surface area (Å²) in [6.45, 7) is 2.15. The Bertz CT molecular complexity index is 410. The lowest BCUT2D eigenvalue weighted by Crippen LogP contribution is -2.29. The third-order valence-electron chi connectivity index (χ3n) is 3.78. The number of nitrogen functional groups attached to an aromatic ring is 1. The Labute approximate surface area is 120 Å². The van der Waals surface area contributed by atoms with Gasteiger partial charge in [-0.3, -0.25) is 0 Å². The van der Waals surface area contributed by atoms with E-state index in [0.29, 0.717) is 11.9 Å². The van der Waals surface area contributed by atoms with Gasteiger partial charge in [0, 0.05) is 16.9 Å². The summed E-state index contributed by atoms with van der Waals surface area (Å²) >= 11 is 1.98. The van der Waals surface area contributed by atoms with E-state index in [2.05, 4.69) is 28.5 Å². The van der Waals surface area contributed by atoms with Gasteiger partial charge in [0.15, 0.2) is 0 Å². The second kappa shape index (κ2) is 6.98. The third kappa shape index (κ3) is 3.75. The summed E-state index contributed by atoms with van der Waals surface area (Å²) in [5.41, 5.74) is 7.05. The SMILES string of the molecule is CCCc1c(N)ncnc1NC1CCCC(SC)C1. The van der Waals surface area contributed by atoms with E-state index in [0.717, 1.165) is 29.5 Å². The van der Waals surface area contributed by atoms with E-state index in [-0.39, 0.29) is 0 Å². The molecule has 19 heavy (non-hydrogen) atoms. The second-order valence-corrected chi connectivity index (χ2v) is 6.34. The van der Waals surface area contributed by atoms with E-state index in [4.69, 9.17) is 5.73 Å². The van der Waals surface area contributed by atoms with Crippen LogP contribution >= 0.6 is 11.8 Å². The molecule has 0 bridgehead atoms. The molecule has 1 aromatic heterocycles. The van der Waals surface area contributed by atoms with Crippen molar-refractivity contribution in [1.29, 1.82) is 0 Å². The minimum atomic E-state index is 0.524. The van der Waals surface area contributed by atoms with E-state index in [1.165, 1.54) is 25.7 Å². The molecule has 3 N–H and O–H groups in total. The molecule has 1 saturated carbocycles. The number of nitrogens with zero attached hydrogens (tertiary/aromatic N) is 2. The van der Waals surface area contributed by atoms with Crippen LogP contribution in [0.25, 0.3) is 0 Å². The molecule has 0 spiro atoms. The quantitative estimate of drug-likeness (QED) is 0.867. The Balaban J connectivity index is 2.07. The van der Waals surface area contributed by atoms with Crippen LogP contribution in [0.3, 0.4) is 0 Å². The van der Waals surface area contributed by atoms with Crippen molar-refractivity contribution < 1.29 is 0 Å². The van der Waals surface area contributed by atoms with Gasteiger partial charge in [-0.2, -0.15) is 11.8 Å². The molecular formula is C14H24N4S.